The topological polar surface area (TPSA) is 27.1 Å². The summed E-state index contributed by atoms with van der Waals surface area (Å²) in [5.41, 5.74) is 2.84. The van der Waals surface area contributed by atoms with E-state index in [1.807, 2.05) is 36.4 Å². The summed E-state index contributed by atoms with van der Waals surface area (Å²) in [4.78, 5) is 4.60. The minimum atomic E-state index is 0.329. The molecular weight excluding hydrogens is 419 g/mol. The van der Waals surface area contributed by atoms with Crippen LogP contribution >= 0.6 is 43.5 Å². The van der Waals surface area contributed by atoms with Gasteiger partial charge in [0.1, 0.15) is 11.6 Å². The molecule has 0 spiro atoms. The van der Waals surface area contributed by atoms with E-state index in [1.165, 1.54) is 0 Å². The fourth-order valence-corrected chi connectivity index (χ4v) is 3.20. The van der Waals surface area contributed by atoms with Crippen molar-refractivity contribution in [2.45, 2.75) is 5.88 Å². The van der Waals surface area contributed by atoms with Gasteiger partial charge in [-0.1, -0.05) is 15.9 Å². The van der Waals surface area contributed by atoms with Gasteiger partial charge in [-0.25, -0.2) is 4.98 Å². The van der Waals surface area contributed by atoms with Crippen molar-refractivity contribution in [3.63, 3.8) is 0 Å². The summed E-state index contributed by atoms with van der Waals surface area (Å²) < 4.78 is 9.28. The first-order valence-electron chi connectivity index (χ1n) is 6.21. The molecule has 21 heavy (non-hydrogen) atoms. The van der Waals surface area contributed by atoms with Gasteiger partial charge in [0.25, 0.3) is 0 Å². The normalized spacial score (nSPS) is 11.0. The molecule has 0 amide bonds. The summed E-state index contributed by atoms with van der Waals surface area (Å²) in [5, 5.41) is 0. The number of methoxy groups -OCH3 is 1. The van der Waals surface area contributed by atoms with Crippen LogP contribution in [0.1, 0.15) is 5.82 Å². The average molecular weight is 431 g/mol. The summed E-state index contributed by atoms with van der Waals surface area (Å²) in [6.45, 7) is 0. The van der Waals surface area contributed by atoms with Gasteiger partial charge in [0.2, 0.25) is 0 Å². The number of alkyl halides is 1. The summed E-state index contributed by atoms with van der Waals surface area (Å²) in [7, 11) is 1.64. The Morgan fingerprint density at radius 1 is 1.19 bits per heavy atom. The summed E-state index contributed by atoms with van der Waals surface area (Å²) in [5.74, 6) is 1.90. The fourth-order valence-electron chi connectivity index (χ4n) is 2.25. The van der Waals surface area contributed by atoms with Gasteiger partial charge in [-0.15, -0.1) is 11.6 Å². The quantitative estimate of drug-likeness (QED) is 0.528. The lowest BCUT2D eigenvalue weighted by molar-refractivity contribution is 0.415. The van der Waals surface area contributed by atoms with Gasteiger partial charge in [0.15, 0.2) is 0 Å². The summed E-state index contributed by atoms with van der Waals surface area (Å²) in [6.07, 6.45) is 0. The van der Waals surface area contributed by atoms with Crippen molar-refractivity contribution in [3.05, 3.63) is 51.2 Å². The third-order valence-corrected chi connectivity index (χ3v) is 4.60. The first-order valence-corrected chi connectivity index (χ1v) is 8.33. The van der Waals surface area contributed by atoms with Crippen LogP contribution in [-0.4, -0.2) is 16.7 Å². The van der Waals surface area contributed by atoms with Crippen LogP contribution in [0.3, 0.4) is 0 Å². The van der Waals surface area contributed by atoms with E-state index >= 15 is 0 Å². The molecule has 108 valence electrons. The summed E-state index contributed by atoms with van der Waals surface area (Å²) >= 11 is 13.2. The molecule has 0 saturated heterocycles. The highest BCUT2D eigenvalue weighted by Gasteiger charge is 2.14. The smallest absolute Gasteiger partial charge is 0.129 e. The van der Waals surface area contributed by atoms with E-state index in [4.69, 9.17) is 16.3 Å². The van der Waals surface area contributed by atoms with E-state index in [0.29, 0.717) is 5.88 Å². The number of halogens is 3. The molecule has 0 atom stereocenters. The van der Waals surface area contributed by atoms with Crippen LogP contribution < -0.4 is 4.74 Å². The maximum atomic E-state index is 6.08. The average Bonchev–Trinajstić information content (AvgIpc) is 2.87. The number of imidazole rings is 1. The van der Waals surface area contributed by atoms with Crippen molar-refractivity contribution >= 4 is 54.5 Å². The largest absolute Gasteiger partial charge is 0.497 e. The minimum Gasteiger partial charge on any atom is -0.497 e. The number of ether oxygens (including phenoxy) is 1. The van der Waals surface area contributed by atoms with Crippen molar-refractivity contribution in [1.82, 2.24) is 9.55 Å². The Kier molecular flexibility index (Phi) is 4.24. The number of aromatic nitrogens is 2. The standard InChI is InChI=1S/C15H11Br2ClN2O/c1-21-10-3-5-13-12(7-10)19-15(8-18)20(13)14-6-9(16)2-4-11(14)17/h2-7H,8H2,1H3. The van der Waals surface area contributed by atoms with Gasteiger partial charge in [0.05, 0.1) is 29.7 Å². The third kappa shape index (κ3) is 2.70. The van der Waals surface area contributed by atoms with Gasteiger partial charge in [-0.3, -0.25) is 4.57 Å². The molecule has 0 aliphatic heterocycles. The van der Waals surface area contributed by atoms with Gasteiger partial charge in [-0.05, 0) is 46.3 Å². The van der Waals surface area contributed by atoms with Crippen molar-refractivity contribution in [2.24, 2.45) is 0 Å². The summed E-state index contributed by atoms with van der Waals surface area (Å²) in [6, 6.07) is 11.8. The number of nitrogens with zero attached hydrogens (tertiary/aromatic N) is 2. The lowest BCUT2D eigenvalue weighted by Gasteiger charge is -2.11. The zero-order chi connectivity index (χ0) is 15.0. The molecule has 1 heterocycles. The number of hydrogen-bond acceptors (Lipinski definition) is 2. The van der Waals surface area contributed by atoms with Crippen LogP contribution in [0.4, 0.5) is 0 Å². The van der Waals surface area contributed by atoms with Gasteiger partial charge < -0.3 is 4.74 Å². The Morgan fingerprint density at radius 3 is 2.71 bits per heavy atom. The molecule has 6 heteroatoms. The van der Waals surface area contributed by atoms with E-state index in [9.17, 15) is 0 Å². The molecule has 0 aliphatic rings. The van der Waals surface area contributed by atoms with Crippen LogP contribution in [0.25, 0.3) is 16.7 Å². The Hall–Kier alpha value is -1.04. The maximum absolute atomic E-state index is 6.08. The predicted octanol–water partition coefficient (Wildman–Crippen LogP) is 5.30. The molecule has 3 nitrogen and oxygen atoms in total. The molecular formula is C15H11Br2ClN2O. The molecule has 0 radical (unpaired) electrons. The number of hydrogen-bond donors (Lipinski definition) is 0. The first-order chi connectivity index (χ1) is 10.1. The number of rotatable bonds is 3. The van der Waals surface area contributed by atoms with Crippen molar-refractivity contribution in [1.29, 1.82) is 0 Å². The molecule has 0 aliphatic carbocycles. The Bertz CT molecular complexity index is 817. The van der Waals surface area contributed by atoms with Gasteiger partial charge in [0, 0.05) is 15.0 Å². The van der Waals surface area contributed by atoms with Crippen molar-refractivity contribution in [3.8, 4) is 11.4 Å². The zero-order valence-electron chi connectivity index (χ0n) is 11.1. The Balaban J connectivity index is 2.32. The maximum Gasteiger partial charge on any atom is 0.129 e. The third-order valence-electron chi connectivity index (χ3n) is 3.20. The number of benzene rings is 2. The highest BCUT2D eigenvalue weighted by Crippen LogP contribution is 2.31. The highest BCUT2D eigenvalue weighted by molar-refractivity contribution is 9.11. The number of fused-ring (bicyclic) bond motifs is 1. The SMILES string of the molecule is COc1ccc2c(c1)nc(CCl)n2-c1cc(Br)ccc1Br. The molecule has 0 saturated carbocycles. The van der Waals surface area contributed by atoms with E-state index in [2.05, 4.69) is 41.4 Å². The van der Waals surface area contributed by atoms with Crippen LogP contribution in [0, 0.1) is 0 Å². The van der Waals surface area contributed by atoms with E-state index in [1.54, 1.807) is 7.11 Å². The highest BCUT2D eigenvalue weighted by atomic mass is 79.9. The zero-order valence-corrected chi connectivity index (χ0v) is 15.0. The van der Waals surface area contributed by atoms with E-state index in [0.717, 1.165) is 37.2 Å². The minimum absolute atomic E-state index is 0.329. The molecule has 0 bridgehead atoms. The van der Waals surface area contributed by atoms with Crippen LogP contribution in [0.2, 0.25) is 0 Å². The van der Waals surface area contributed by atoms with Gasteiger partial charge >= 0.3 is 0 Å². The monoisotopic (exact) mass is 428 g/mol. The predicted molar refractivity (Wildman–Crippen MR) is 92.6 cm³/mol. The van der Waals surface area contributed by atoms with Gasteiger partial charge in [-0.2, -0.15) is 0 Å². The van der Waals surface area contributed by atoms with Crippen LogP contribution in [-0.2, 0) is 5.88 Å². The second-order valence-corrected chi connectivity index (χ2v) is 6.48. The molecule has 0 N–H and O–H groups in total. The van der Waals surface area contributed by atoms with Crippen molar-refractivity contribution < 1.29 is 4.74 Å². The molecule has 0 unspecified atom stereocenters. The lowest BCUT2D eigenvalue weighted by Crippen LogP contribution is -2.00. The second kappa shape index (κ2) is 5.99. The van der Waals surface area contributed by atoms with Crippen LogP contribution in [0.5, 0.6) is 5.75 Å². The molecule has 1 aromatic heterocycles. The first kappa shape index (κ1) is 14.9. The Labute approximate surface area is 144 Å². The van der Waals surface area contributed by atoms with E-state index < -0.39 is 0 Å². The Morgan fingerprint density at radius 2 is 2.00 bits per heavy atom. The molecule has 0 fully saturated rings. The molecule has 3 rings (SSSR count). The molecule has 3 aromatic rings. The van der Waals surface area contributed by atoms with E-state index in [-0.39, 0.29) is 0 Å². The van der Waals surface area contributed by atoms with Crippen LogP contribution in [0.15, 0.2) is 45.3 Å². The fraction of sp³-hybridized carbons (Fsp3) is 0.133. The second-order valence-electron chi connectivity index (χ2n) is 4.45. The lowest BCUT2D eigenvalue weighted by atomic mass is 10.2. The van der Waals surface area contributed by atoms with Crippen molar-refractivity contribution in [2.75, 3.05) is 7.11 Å². The molecule has 2 aromatic carbocycles.